The Morgan fingerprint density at radius 3 is 2.43 bits per heavy atom. The standard InChI is InChI=1S/C16H9Cl2N3/c17-11-6-7-14(15(18)8-11)16-9-12(10-19)20-21(16)13-4-2-1-3-5-13/h1-9H. The first-order valence-electron chi connectivity index (χ1n) is 6.20. The van der Waals surface area contributed by atoms with Crippen molar-refractivity contribution in [2.75, 3.05) is 0 Å². The number of rotatable bonds is 2. The van der Waals surface area contributed by atoms with Crippen molar-refractivity contribution in [2.45, 2.75) is 0 Å². The third-order valence-electron chi connectivity index (χ3n) is 3.03. The Labute approximate surface area is 132 Å². The van der Waals surface area contributed by atoms with Gasteiger partial charge in [-0.1, -0.05) is 41.4 Å². The number of para-hydroxylation sites is 1. The van der Waals surface area contributed by atoms with Gasteiger partial charge in [0.05, 0.1) is 16.4 Å². The number of halogens is 2. The van der Waals surface area contributed by atoms with Crippen molar-refractivity contribution in [1.82, 2.24) is 9.78 Å². The topological polar surface area (TPSA) is 41.6 Å². The molecule has 0 atom stereocenters. The van der Waals surface area contributed by atoms with Crippen LogP contribution in [0, 0.1) is 11.3 Å². The first-order chi connectivity index (χ1) is 10.2. The molecule has 0 fully saturated rings. The lowest BCUT2D eigenvalue weighted by atomic mass is 10.1. The van der Waals surface area contributed by atoms with Crippen molar-refractivity contribution in [1.29, 1.82) is 5.26 Å². The van der Waals surface area contributed by atoms with E-state index in [9.17, 15) is 0 Å². The molecule has 3 nitrogen and oxygen atoms in total. The molecule has 0 aliphatic carbocycles. The zero-order chi connectivity index (χ0) is 14.8. The Kier molecular flexibility index (Phi) is 3.66. The van der Waals surface area contributed by atoms with Gasteiger partial charge in [0.1, 0.15) is 6.07 Å². The van der Waals surface area contributed by atoms with Gasteiger partial charge in [0.2, 0.25) is 0 Å². The van der Waals surface area contributed by atoms with Gasteiger partial charge < -0.3 is 0 Å². The molecule has 0 N–H and O–H groups in total. The maximum Gasteiger partial charge on any atom is 0.163 e. The zero-order valence-corrected chi connectivity index (χ0v) is 12.3. The minimum atomic E-state index is 0.333. The summed E-state index contributed by atoms with van der Waals surface area (Å²) in [6, 6.07) is 18.6. The predicted octanol–water partition coefficient (Wildman–Crippen LogP) is 4.72. The monoisotopic (exact) mass is 313 g/mol. The highest BCUT2D eigenvalue weighted by molar-refractivity contribution is 6.36. The maximum atomic E-state index is 9.10. The lowest BCUT2D eigenvalue weighted by Crippen LogP contribution is -1.99. The average Bonchev–Trinajstić information content (AvgIpc) is 2.92. The molecule has 0 unspecified atom stereocenters. The van der Waals surface area contributed by atoms with Crippen LogP contribution in [-0.4, -0.2) is 9.78 Å². The summed E-state index contributed by atoms with van der Waals surface area (Å²) in [6.07, 6.45) is 0. The number of benzene rings is 2. The van der Waals surface area contributed by atoms with Crippen LogP contribution in [0.1, 0.15) is 5.69 Å². The van der Waals surface area contributed by atoms with Crippen LogP contribution < -0.4 is 0 Å². The van der Waals surface area contributed by atoms with Gasteiger partial charge in [-0.05, 0) is 30.3 Å². The summed E-state index contributed by atoms with van der Waals surface area (Å²) in [4.78, 5) is 0. The normalized spacial score (nSPS) is 10.3. The highest BCUT2D eigenvalue weighted by Crippen LogP contribution is 2.32. The largest absolute Gasteiger partial charge is 0.232 e. The molecular formula is C16H9Cl2N3. The van der Waals surface area contributed by atoms with E-state index < -0.39 is 0 Å². The molecule has 1 aromatic heterocycles. The van der Waals surface area contributed by atoms with E-state index in [1.54, 1.807) is 22.9 Å². The summed E-state index contributed by atoms with van der Waals surface area (Å²) in [5.74, 6) is 0. The van der Waals surface area contributed by atoms with Gasteiger partial charge in [0.15, 0.2) is 5.69 Å². The van der Waals surface area contributed by atoms with Crippen molar-refractivity contribution >= 4 is 23.2 Å². The van der Waals surface area contributed by atoms with Gasteiger partial charge in [0.25, 0.3) is 0 Å². The van der Waals surface area contributed by atoms with Gasteiger partial charge in [-0.25, -0.2) is 4.68 Å². The summed E-state index contributed by atoms with van der Waals surface area (Å²) in [6.45, 7) is 0. The Hall–Kier alpha value is -2.28. The summed E-state index contributed by atoms with van der Waals surface area (Å²) in [7, 11) is 0. The Bertz CT molecular complexity index is 832. The van der Waals surface area contributed by atoms with Crippen molar-refractivity contribution in [2.24, 2.45) is 0 Å². The number of hydrogen-bond donors (Lipinski definition) is 0. The summed E-state index contributed by atoms with van der Waals surface area (Å²) in [5.41, 5.74) is 2.72. The molecule has 3 aromatic rings. The second kappa shape index (κ2) is 5.61. The lowest BCUT2D eigenvalue weighted by Gasteiger charge is -2.09. The van der Waals surface area contributed by atoms with E-state index in [1.807, 2.05) is 36.4 Å². The molecule has 0 aliphatic heterocycles. The quantitative estimate of drug-likeness (QED) is 0.687. The Morgan fingerprint density at radius 2 is 1.76 bits per heavy atom. The molecule has 0 bridgehead atoms. The van der Waals surface area contributed by atoms with Crippen LogP contribution in [0.2, 0.25) is 10.0 Å². The molecule has 0 saturated heterocycles. The average molecular weight is 314 g/mol. The van der Waals surface area contributed by atoms with Crippen molar-refractivity contribution in [3.8, 4) is 23.0 Å². The molecule has 3 rings (SSSR count). The Balaban J connectivity index is 2.23. The number of nitrogens with zero attached hydrogens (tertiary/aromatic N) is 3. The third-order valence-corrected chi connectivity index (χ3v) is 3.58. The Morgan fingerprint density at radius 1 is 1.00 bits per heavy atom. The summed E-state index contributed by atoms with van der Waals surface area (Å²) < 4.78 is 1.70. The van der Waals surface area contributed by atoms with Crippen LogP contribution in [0.3, 0.4) is 0 Å². The molecular weight excluding hydrogens is 305 g/mol. The van der Waals surface area contributed by atoms with Crippen LogP contribution in [-0.2, 0) is 0 Å². The van der Waals surface area contributed by atoms with E-state index in [4.69, 9.17) is 28.5 Å². The smallest absolute Gasteiger partial charge is 0.163 e. The first-order valence-corrected chi connectivity index (χ1v) is 6.95. The van der Waals surface area contributed by atoms with Gasteiger partial charge in [-0.15, -0.1) is 0 Å². The summed E-state index contributed by atoms with van der Waals surface area (Å²) >= 11 is 12.2. The molecule has 0 radical (unpaired) electrons. The zero-order valence-electron chi connectivity index (χ0n) is 10.8. The van der Waals surface area contributed by atoms with Gasteiger partial charge in [0, 0.05) is 16.7 Å². The molecule has 21 heavy (non-hydrogen) atoms. The van der Waals surface area contributed by atoms with Crippen molar-refractivity contribution in [3.05, 3.63) is 70.3 Å². The fraction of sp³-hybridized carbons (Fsp3) is 0. The minimum absolute atomic E-state index is 0.333. The fourth-order valence-corrected chi connectivity index (χ4v) is 2.60. The van der Waals surface area contributed by atoms with Crippen LogP contribution >= 0.6 is 23.2 Å². The van der Waals surface area contributed by atoms with Crippen LogP contribution in [0.4, 0.5) is 0 Å². The van der Waals surface area contributed by atoms with Crippen LogP contribution in [0.25, 0.3) is 16.9 Å². The van der Waals surface area contributed by atoms with Gasteiger partial charge in [-0.3, -0.25) is 0 Å². The van der Waals surface area contributed by atoms with E-state index in [1.165, 1.54) is 0 Å². The molecule has 2 aromatic carbocycles. The van der Waals surface area contributed by atoms with E-state index in [-0.39, 0.29) is 0 Å². The molecule has 5 heteroatoms. The fourth-order valence-electron chi connectivity index (χ4n) is 2.09. The van der Waals surface area contributed by atoms with Gasteiger partial charge in [-0.2, -0.15) is 10.4 Å². The van der Waals surface area contributed by atoms with E-state index in [0.29, 0.717) is 15.7 Å². The van der Waals surface area contributed by atoms with Crippen LogP contribution in [0.5, 0.6) is 0 Å². The van der Waals surface area contributed by atoms with Crippen molar-refractivity contribution < 1.29 is 0 Å². The van der Waals surface area contributed by atoms with Crippen LogP contribution in [0.15, 0.2) is 54.6 Å². The van der Waals surface area contributed by atoms with E-state index >= 15 is 0 Å². The molecule has 102 valence electrons. The molecule has 0 aliphatic rings. The second-order valence-electron chi connectivity index (χ2n) is 4.40. The minimum Gasteiger partial charge on any atom is -0.232 e. The maximum absolute atomic E-state index is 9.10. The summed E-state index contributed by atoms with van der Waals surface area (Å²) in [5, 5.41) is 14.5. The highest BCUT2D eigenvalue weighted by atomic mass is 35.5. The van der Waals surface area contributed by atoms with E-state index in [0.717, 1.165) is 16.9 Å². The SMILES string of the molecule is N#Cc1cc(-c2ccc(Cl)cc2Cl)n(-c2ccccc2)n1. The van der Waals surface area contributed by atoms with E-state index in [2.05, 4.69) is 11.2 Å². The highest BCUT2D eigenvalue weighted by Gasteiger charge is 2.14. The number of hydrogen-bond acceptors (Lipinski definition) is 2. The second-order valence-corrected chi connectivity index (χ2v) is 5.24. The number of aromatic nitrogens is 2. The van der Waals surface area contributed by atoms with Crippen molar-refractivity contribution in [3.63, 3.8) is 0 Å². The molecule has 0 amide bonds. The lowest BCUT2D eigenvalue weighted by molar-refractivity contribution is 0.880. The van der Waals surface area contributed by atoms with Gasteiger partial charge >= 0.3 is 0 Å². The third kappa shape index (κ3) is 2.64. The molecule has 0 saturated carbocycles. The number of nitriles is 1. The molecule has 0 spiro atoms. The molecule has 1 heterocycles. The predicted molar refractivity (Wildman–Crippen MR) is 83.7 cm³/mol. The first kappa shape index (κ1) is 13.7.